The molecule has 0 N–H and O–H groups in total. The average molecular weight is 223 g/mol. The zero-order chi connectivity index (χ0) is 11.5. The standard InChI is InChI=1S/C12H21NOSi/c1-13-8-5-11(6-9-13)12(14)7-10-15(2,3)4/h11H,5-6,8-9H2,1-4H3. The smallest absolute Gasteiger partial charge is 0.208 e. The van der Waals surface area contributed by atoms with Crippen LogP contribution in [0.25, 0.3) is 0 Å². The molecule has 1 aliphatic heterocycles. The molecule has 2 nitrogen and oxygen atoms in total. The normalized spacial score (nSPS) is 19.5. The summed E-state index contributed by atoms with van der Waals surface area (Å²) in [6.07, 6.45) is 1.96. The highest BCUT2D eigenvalue weighted by Crippen LogP contribution is 2.16. The lowest BCUT2D eigenvalue weighted by Gasteiger charge is -2.26. The van der Waals surface area contributed by atoms with Gasteiger partial charge in [-0.2, -0.15) is 0 Å². The van der Waals surface area contributed by atoms with Gasteiger partial charge in [0.1, 0.15) is 8.07 Å². The Morgan fingerprint density at radius 3 is 2.27 bits per heavy atom. The fraction of sp³-hybridized carbons (Fsp3) is 0.750. The largest absolute Gasteiger partial charge is 0.306 e. The summed E-state index contributed by atoms with van der Waals surface area (Å²) < 4.78 is 0. The second-order valence-electron chi connectivity index (χ2n) is 5.44. The number of ketones is 1. The number of piperidine rings is 1. The van der Waals surface area contributed by atoms with Crippen molar-refractivity contribution in [2.75, 3.05) is 20.1 Å². The number of carbonyl (C=O) groups excluding carboxylic acids is 1. The highest BCUT2D eigenvalue weighted by molar-refractivity contribution is 6.84. The molecule has 1 heterocycles. The van der Waals surface area contributed by atoms with E-state index in [2.05, 4.69) is 43.1 Å². The van der Waals surface area contributed by atoms with Crippen molar-refractivity contribution in [3.63, 3.8) is 0 Å². The van der Waals surface area contributed by atoms with Crippen LogP contribution >= 0.6 is 0 Å². The van der Waals surface area contributed by atoms with E-state index in [4.69, 9.17) is 0 Å². The van der Waals surface area contributed by atoms with Crippen molar-refractivity contribution >= 4 is 13.9 Å². The molecule has 0 radical (unpaired) electrons. The first kappa shape index (κ1) is 12.5. The zero-order valence-electron chi connectivity index (χ0n) is 10.3. The molecule has 1 aliphatic rings. The Hall–Kier alpha value is -0.593. The Morgan fingerprint density at radius 1 is 1.27 bits per heavy atom. The lowest BCUT2D eigenvalue weighted by molar-refractivity contribution is -0.118. The Kier molecular flexibility index (Phi) is 4.12. The van der Waals surface area contributed by atoms with Gasteiger partial charge < -0.3 is 4.90 Å². The molecule has 0 saturated carbocycles. The molecule has 3 heteroatoms. The van der Waals surface area contributed by atoms with Crippen LogP contribution < -0.4 is 0 Å². The van der Waals surface area contributed by atoms with Crippen LogP contribution in [0.4, 0.5) is 0 Å². The van der Waals surface area contributed by atoms with Gasteiger partial charge in [-0.1, -0.05) is 19.6 Å². The average Bonchev–Trinajstić information content (AvgIpc) is 2.14. The number of hydrogen-bond acceptors (Lipinski definition) is 2. The van der Waals surface area contributed by atoms with Crippen molar-refractivity contribution in [2.45, 2.75) is 32.5 Å². The third kappa shape index (κ3) is 4.63. The van der Waals surface area contributed by atoms with Crippen molar-refractivity contribution in [1.29, 1.82) is 0 Å². The quantitative estimate of drug-likeness (QED) is 0.499. The van der Waals surface area contributed by atoms with Crippen LogP contribution in [0.15, 0.2) is 0 Å². The van der Waals surface area contributed by atoms with Crippen LogP contribution in [0.1, 0.15) is 12.8 Å². The fourth-order valence-corrected chi connectivity index (χ4v) is 2.12. The fourth-order valence-electron chi connectivity index (χ4n) is 1.62. The van der Waals surface area contributed by atoms with Crippen LogP contribution in [0, 0.1) is 17.4 Å². The van der Waals surface area contributed by atoms with E-state index in [1.54, 1.807) is 0 Å². The number of nitrogens with zero attached hydrogens (tertiary/aromatic N) is 1. The van der Waals surface area contributed by atoms with E-state index in [-0.39, 0.29) is 11.7 Å². The summed E-state index contributed by atoms with van der Waals surface area (Å²) in [4.78, 5) is 14.1. The lowest BCUT2D eigenvalue weighted by atomic mass is 9.93. The summed E-state index contributed by atoms with van der Waals surface area (Å²) >= 11 is 0. The molecule has 0 unspecified atom stereocenters. The minimum absolute atomic E-state index is 0.172. The van der Waals surface area contributed by atoms with Crippen molar-refractivity contribution in [2.24, 2.45) is 5.92 Å². The number of hydrogen-bond donors (Lipinski definition) is 0. The molecule has 0 spiro atoms. The maximum Gasteiger partial charge on any atom is 0.208 e. The molecule has 0 aromatic heterocycles. The van der Waals surface area contributed by atoms with Crippen molar-refractivity contribution in [3.05, 3.63) is 0 Å². The van der Waals surface area contributed by atoms with Gasteiger partial charge in [0.05, 0.1) is 0 Å². The second kappa shape index (κ2) is 4.96. The van der Waals surface area contributed by atoms with Gasteiger partial charge in [-0.05, 0) is 38.9 Å². The molecule has 0 bridgehead atoms. The van der Waals surface area contributed by atoms with Gasteiger partial charge in [0.15, 0.2) is 0 Å². The topological polar surface area (TPSA) is 20.3 Å². The first-order valence-electron chi connectivity index (χ1n) is 5.64. The van der Waals surface area contributed by atoms with Gasteiger partial charge in [0.2, 0.25) is 5.78 Å². The predicted molar refractivity (Wildman–Crippen MR) is 66.4 cm³/mol. The molecule has 15 heavy (non-hydrogen) atoms. The maximum absolute atomic E-state index is 11.8. The molecule has 1 fully saturated rings. The number of rotatable bonds is 1. The molecule has 0 amide bonds. The second-order valence-corrected chi connectivity index (χ2v) is 10.2. The monoisotopic (exact) mass is 223 g/mol. The molecule has 1 rings (SSSR count). The third-order valence-corrected chi connectivity index (χ3v) is 3.53. The molecule has 0 aliphatic carbocycles. The van der Waals surface area contributed by atoms with Crippen LogP contribution in [-0.2, 0) is 4.79 Å². The van der Waals surface area contributed by atoms with Crippen molar-refractivity contribution in [1.82, 2.24) is 4.90 Å². The third-order valence-electron chi connectivity index (χ3n) is 2.65. The summed E-state index contributed by atoms with van der Waals surface area (Å²) in [5.41, 5.74) is 3.16. The number of carbonyl (C=O) groups is 1. The van der Waals surface area contributed by atoms with Crippen LogP contribution in [0.3, 0.4) is 0 Å². The van der Waals surface area contributed by atoms with Crippen molar-refractivity contribution in [3.8, 4) is 11.5 Å². The maximum atomic E-state index is 11.8. The Balaban J connectivity index is 2.50. The Bertz CT molecular complexity index is 287. The minimum Gasteiger partial charge on any atom is -0.306 e. The lowest BCUT2D eigenvalue weighted by Crippen LogP contribution is -2.33. The minimum atomic E-state index is -1.39. The number of Topliss-reactive ketones (excluding diaryl/α,β-unsaturated/α-hetero) is 1. The Morgan fingerprint density at radius 2 is 1.80 bits per heavy atom. The summed E-state index contributed by atoms with van der Waals surface area (Å²) in [5, 5.41) is 0. The highest BCUT2D eigenvalue weighted by atomic mass is 28.3. The van der Waals surface area contributed by atoms with Gasteiger partial charge in [-0.15, -0.1) is 5.54 Å². The molecule has 84 valence electrons. The molecule has 1 saturated heterocycles. The van der Waals surface area contributed by atoms with Crippen LogP contribution in [0.5, 0.6) is 0 Å². The first-order valence-corrected chi connectivity index (χ1v) is 9.14. The van der Waals surface area contributed by atoms with Crippen LogP contribution in [-0.4, -0.2) is 38.9 Å². The molecule has 0 atom stereocenters. The number of likely N-dealkylation sites (tertiary alicyclic amines) is 1. The first-order chi connectivity index (χ1) is 6.88. The molecular weight excluding hydrogens is 202 g/mol. The van der Waals surface area contributed by atoms with E-state index in [0.29, 0.717) is 0 Å². The summed E-state index contributed by atoms with van der Waals surface area (Å²) in [6, 6.07) is 0. The van der Waals surface area contributed by atoms with Gasteiger partial charge >= 0.3 is 0 Å². The Labute approximate surface area is 94.0 Å². The van der Waals surface area contributed by atoms with E-state index in [1.807, 2.05) is 0 Å². The van der Waals surface area contributed by atoms with Gasteiger partial charge in [0, 0.05) is 5.92 Å². The van der Waals surface area contributed by atoms with E-state index < -0.39 is 8.07 Å². The van der Waals surface area contributed by atoms with Gasteiger partial charge in [-0.25, -0.2) is 0 Å². The summed E-state index contributed by atoms with van der Waals surface area (Å²) in [5.74, 6) is 3.23. The predicted octanol–water partition coefficient (Wildman–Crippen LogP) is 1.78. The molecule has 0 aromatic carbocycles. The SMILES string of the molecule is CN1CCC(C(=O)C#C[Si](C)(C)C)CC1. The van der Waals surface area contributed by atoms with Gasteiger partial charge in [-0.3, -0.25) is 4.79 Å². The summed E-state index contributed by atoms with van der Waals surface area (Å²) in [7, 11) is 0.716. The van der Waals surface area contributed by atoms with E-state index >= 15 is 0 Å². The molecular formula is C12H21NOSi. The van der Waals surface area contributed by atoms with E-state index in [1.165, 1.54) is 0 Å². The van der Waals surface area contributed by atoms with E-state index in [9.17, 15) is 4.79 Å². The van der Waals surface area contributed by atoms with Crippen molar-refractivity contribution < 1.29 is 4.79 Å². The molecule has 0 aromatic rings. The highest BCUT2D eigenvalue weighted by Gasteiger charge is 2.22. The summed E-state index contributed by atoms with van der Waals surface area (Å²) in [6.45, 7) is 8.57. The van der Waals surface area contributed by atoms with Crippen LogP contribution in [0.2, 0.25) is 19.6 Å². The zero-order valence-corrected chi connectivity index (χ0v) is 11.3. The van der Waals surface area contributed by atoms with E-state index in [0.717, 1.165) is 25.9 Å². The van der Waals surface area contributed by atoms with Gasteiger partial charge in [0.25, 0.3) is 0 Å².